The van der Waals surface area contributed by atoms with Gasteiger partial charge in [0.25, 0.3) is 5.69 Å². The van der Waals surface area contributed by atoms with Gasteiger partial charge in [-0.05, 0) is 18.9 Å². The van der Waals surface area contributed by atoms with E-state index in [-0.39, 0.29) is 10.6 Å². The van der Waals surface area contributed by atoms with E-state index in [4.69, 9.17) is 0 Å². The quantitative estimate of drug-likeness (QED) is 0.455. The number of nitro benzene ring substituents is 1. The van der Waals surface area contributed by atoms with E-state index in [0.29, 0.717) is 12.6 Å². The summed E-state index contributed by atoms with van der Waals surface area (Å²) in [6.07, 6.45) is 2.74. The monoisotopic (exact) mass is 220 g/mol. The first-order valence-electron chi connectivity index (χ1n) is 5.21. The van der Waals surface area contributed by atoms with Crippen molar-refractivity contribution in [3.8, 4) is 0 Å². The normalized spacial score (nSPS) is 12.1. The van der Waals surface area contributed by atoms with Gasteiger partial charge in [-0.25, -0.2) is 0 Å². The highest BCUT2D eigenvalue weighted by molar-refractivity contribution is 5.34. The van der Waals surface area contributed by atoms with Crippen molar-refractivity contribution in [1.29, 1.82) is 0 Å². The Kier molecular flexibility index (Phi) is 4.66. The van der Waals surface area contributed by atoms with Crippen LogP contribution in [0, 0.1) is 10.1 Å². The molecule has 16 heavy (non-hydrogen) atoms. The highest BCUT2D eigenvalue weighted by Crippen LogP contribution is 2.12. The summed E-state index contributed by atoms with van der Waals surface area (Å²) in [5, 5.41) is 13.8. The second kappa shape index (κ2) is 6.02. The number of rotatable bonds is 6. The molecule has 1 aromatic carbocycles. The first-order valence-corrected chi connectivity index (χ1v) is 5.21. The molecule has 0 heterocycles. The Morgan fingerprint density at radius 2 is 2.38 bits per heavy atom. The Labute approximate surface area is 95.1 Å². The van der Waals surface area contributed by atoms with Gasteiger partial charge in [-0.15, -0.1) is 6.58 Å². The van der Waals surface area contributed by atoms with E-state index in [1.54, 1.807) is 12.1 Å². The number of nitro groups is 1. The molecule has 1 atom stereocenters. The maximum atomic E-state index is 10.6. The average molecular weight is 220 g/mol. The van der Waals surface area contributed by atoms with E-state index in [0.717, 1.165) is 12.0 Å². The molecule has 0 saturated heterocycles. The lowest BCUT2D eigenvalue weighted by atomic mass is 10.1. The molecular formula is C12H16N2O2. The van der Waals surface area contributed by atoms with Crippen LogP contribution >= 0.6 is 0 Å². The summed E-state index contributed by atoms with van der Waals surface area (Å²) in [6, 6.07) is 7.00. The van der Waals surface area contributed by atoms with Gasteiger partial charge in [0.05, 0.1) is 4.92 Å². The minimum atomic E-state index is -0.378. The minimum Gasteiger partial charge on any atom is -0.310 e. The van der Waals surface area contributed by atoms with Gasteiger partial charge in [-0.2, -0.15) is 0 Å². The van der Waals surface area contributed by atoms with Crippen LogP contribution in [0.5, 0.6) is 0 Å². The highest BCUT2D eigenvalue weighted by atomic mass is 16.6. The van der Waals surface area contributed by atoms with E-state index in [1.807, 2.05) is 12.1 Å². The number of nitrogens with one attached hydrogen (secondary N) is 1. The van der Waals surface area contributed by atoms with Crippen LogP contribution in [0.25, 0.3) is 0 Å². The topological polar surface area (TPSA) is 55.2 Å². The lowest BCUT2D eigenvalue weighted by Crippen LogP contribution is -2.24. The van der Waals surface area contributed by atoms with Crippen LogP contribution < -0.4 is 5.32 Å². The van der Waals surface area contributed by atoms with E-state index in [1.165, 1.54) is 6.07 Å². The minimum absolute atomic E-state index is 0.135. The predicted octanol–water partition coefficient (Wildman–Crippen LogP) is 2.65. The van der Waals surface area contributed by atoms with Crippen LogP contribution in [0.4, 0.5) is 5.69 Å². The molecule has 0 bridgehead atoms. The third-order valence-corrected chi connectivity index (χ3v) is 2.30. The standard InChI is InChI=1S/C12H16N2O2/c1-3-5-10(2)13-9-11-6-4-7-12(8-11)14(15)16/h3-4,6-8,10,13H,1,5,9H2,2H3. The van der Waals surface area contributed by atoms with Crippen molar-refractivity contribution in [1.82, 2.24) is 5.32 Å². The van der Waals surface area contributed by atoms with Crippen LogP contribution in [0.15, 0.2) is 36.9 Å². The number of benzene rings is 1. The number of hydrogen-bond acceptors (Lipinski definition) is 3. The van der Waals surface area contributed by atoms with Gasteiger partial charge in [0.15, 0.2) is 0 Å². The largest absolute Gasteiger partial charge is 0.310 e. The van der Waals surface area contributed by atoms with Gasteiger partial charge in [0.1, 0.15) is 0 Å². The fourth-order valence-corrected chi connectivity index (χ4v) is 1.41. The molecule has 4 nitrogen and oxygen atoms in total. The van der Waals surface area contributed by atoms with E-state index < -0.39 is 0 Å². The summed E-state index contributed by atoms with van der Waals surface area (Å²) in [5.74, 6) is 0. The number of hydrogen-bond donors (Lipinski definition) is 1. The summed E-state index contributed by atoms with van der Waals surface area (Å²) in [5.41, 5.74) is 1.06. The smallest absolute Gasteiger partial charge is 0.269 e. The maximum absolute atomic E-state index is 10.6. The molecule has 1 N–H and O–H groups in total. The molecule has 0 aliphatic rings. The first kappa shape index (κ1) is 12.4. The van der Waals surface area contributed by atoms with Crippen molar-refractivity contribution in [2.24, 2.45) is 0 Å². The molecule has 0 aromatic heterocycles. The fourth-order valence-electron chi connectivity index (χ4n) is 1.41. The van der Waals surface area contributed by atoms with E-state index >= 15 is 0 Å². The summed E-state index contributed by atoms with van der Waals surface area (Å²) in [4.78, 5) is 10.2. The molecule has 0 aliphatic heterocycles. The Morgan fingerprint density at radius 3 is 3.00 bits per heavy atom. The van der Waals surface area contributed by atoms with Gasteiger partial charge in [-0.3, -0.25) is 10.1 Å². The SMILES string of the molecule is C=CCC(C)NCc1cccc([N+](=O)[O-])c1. The Balaban J connectivity index is 2.57. The fraction of sp³-hybridized carbons (Fsp3) is 0.333. The highest BCUT2D eigenvalue weighted by Gasteiger charge is 2.06. The number of nitrogens with zero attached hydrogens (tertiary/aromatic N) is 1. The molecule has 0 saturated carbocycles. The molecule has 1 unspecified atom stereocenters. The van der Waals surface area contributed by atoms with Crippen molar-refractivity contribution in [3.05, 3.63) is 52.6 Å². The summed E-state index contributed by atoms with van der Waals surface area (Å²) in [7, 11) is 0. The first-order chi connectivity index (χ1) is 7.63. The van der Waals surface area contributed by atoms with Gasteiger partial charge in [0, 0.05) is 24.7 Å². The zero-order valence-corrected chi connectivity index (χ0v) is 9.35. The van der Waals surface area contributed by atoms with Crippen molar-refractivity contribution >= 4 is 5.69 Å². The third kappa shape index (κ3) is 3.82. The van der Waals surface area contributed by atoms with Gasteiger partial charge in [0.2, 0.25) is 0 Å². The molecule has 0 aliphatic carbocycles. The predicted molar refractivity (Wildman–Crippen MR) is 64.2 cm³/mol. The molecule has 0 amide bonds. The Bertz CT molecular complexity index is 377. The maximum Gasteiger partial charge on any atom is 0.269 e. The summed E-state index contributed by atoms with van der Waals surface area (Å²) >= 11 is 0. The lowest BCUT2D eigenvalue weighted by molar-refractivity contribution is -0.384. The molecule has 0 spiro atoms. The molecule has 86 valence electrons. The van der Waals surface area contributed by atoms with Gasteiger partial charge < -0.3 is 5.32 Å². The van der Waals surface area contributed by atoms with Crippen molar-refractivity contribution in [3.63, 3.8) is 0 Å². The van der Waals surface area contributed by atoms with Crippen LogP contribution in [0.2, 0.25) is 0 Å². The zero-order chi connectivity index (χ0) is 12.0. The van der Waals surface area contributed by atoms with E-state index in [9.17, 15) is 10.1 Å². The van der Waals surface area contributed by atoms with E-state index in [2.05, 4.69) is 18.8 Å². The van der Waals surface area contributed by atoms with Crippen LogP contribution in [0.1, 0.15) is 18.9 Å². The molecular weight excluding hydrogens is 204 g/mol. The molecule has 1 rings (SSSR count). The summed E-state index contributed by atoms with van der Waals surface area (Å²) < 4.78 is 0. The molecule has 1 aromatic rings. The van der Waals surface area contributed by atoms with Gasteiger partial charge in [-0.1, -0.05) is 18.2 Å². The second-order valence-electron chi connectivity index (χ2n) is 3.73. The van der Waals surface area contributed by atoms with Crippen LogP contribution in [-0.2, 0) is 6.54 Å². The molecule has 0 fully saturated rings. The van der Waals surface area contributed by atoms with Crippen LogP contribution in [0.3, 0.4) is 0 Å². The van der Waals surface area contributed by atoms with Crippen molar-refractivity contribution < 1.29 is 4.92 Å². The molecule has 4 heteroatoms. The van der Waals surface area contributed by atoms with Gasteiger partial charge >= 0.3 is 0 Å². The Morgan fingerprint density at radius 1 is 1.62 bits per heavy atom. The summed E-state index contributed by atoms with van der Waals surface area (Å²) in [6.45, 7) is 6.35. The van der Waals surface area contributed by atoms with Crippen molar-refractivity contribution in [2.45, 2.75) is 25.9 Å². The third-order valence-electron chi connectivity index (χ3n) is 2.30. The van der Waals surface area contributed by atoms with Crippen LogP contribution in [-0.4, -0.2) is 11.0 Å². The van der Waals surface area contributed by atoms with Crippen molar-refractivity contribution in [2.75, 3.05) is 0 Å². The second-order valence-corrected chi connectivity index (χ2v) is 3.73. The average Bonchev–Trinajstić information content (AvgIpc) is 2.27. The lowest BCUT2D eigenvalue weighted by Gasteiger charge is -2.11. The molecule has 0 radical (unpaired) electrons. The Hall–Kier alpha value is -1.68. The number of non-ortho nitro benzene ring substituents is 1. The zero-order valence-electron chi connectivity index (χ0n) is 9.35.